The Labute approximate surface area is 122 Å². The van der Waals surface area contributed by atoms with Crippen molar-refractivity contribution in [3.8, 4) is 0 Å². The molecule has 1 radical (unpaired) electrons. The summed E-state index contributed by atoms with van der Waals surface area (Å²) >= 11 is 6.39. The standard InChI is InChI=1S/C11H7Br2N2O2S/c12-10-6-8(7-11(13)14-10)15-18(16,17)9-4-2-1-3-5-9/h2-7H,(H,14,15). The van der Waals surface area contributed by atoms with Crippen LogP contribution in [0.15, 0.2) is 50.5 Å². The van der Waals surface area contributed by atoms with Crippen LogP contribution in [0.1, 0.15) is 0 Å². The van der Waals surface area contributed by atoms with Gasteiger partial charge in [-0.25, -0.2) is 13.4 Å². The molecule has 0 aliphatic carbocycles. The molecule has 0 bridgehead atoms. The smallest absolute Gasteiger partial charge is 0.261 e. The van der Waals surface area contributed by atoms with E-state index < -0.39 is 10.0 Å². The lowest BCUT2D eigenvalue weighted by Crippen LogP contribution is -2.12. The summed E-state index contributed by atoms with van der Waals surface area (Å²) in [5, 5.41) is 0. The highest BCUT2D eigenvalue weighted by atomic mass is 79.9. The number of halogens is 2. The molecule has 0 fully saturated rings. The second kappa shape index (κ2) is 5.38. The Balaban J connectivity index is 2.34. The highest BCUT2D eigenvalue weighted by Crippen LogP contribution is 2.22. The molecule has 1 aromatic heterocycles. The van der Waals surface area contributed by atoms with Crippen LogP contribution in [-0.4, -0.2) is 13.4 Å². The molecule has 1 N–H and O–H groups in total. The predicted octanol–water partition coefficient (Wildman–Crippen LogP) is 3.21. The molecule has 0 aliphatic heterocycles. The third kappa shape index (κ3) is 3.30. The highest BCUT2D eigenvalue weighted by molar-refractivity contribution is 9.11. The van der Waals surface area contributed by atoms with Crippen molar-refractivity contribution in [1.29, 1.82) is 0 Å². The normalized spacial score (nSPS) is 11.2. The third-order valence-corrected chi connectivity index (χ3v) is 4.22. The monoisotopic (exact) mass is 389 g/mol. The summed E-state index contributed by atoms with van der Waals surface area (Å²) in [5.74, 6) is 0. The van der Waals surface area contributed by atoms with E-state index >= 15 is 0 Å². The van der Waals surface area contributed by atoms with Crippen LogP contribution in [0.2, 0.25) is 0 Å². The van der Waals surface area contributed by atoms with E-state index in [4.69, 9.17) is 0 Å². The largest absolute Gasteiger partial charge is 0.279 e. The Morgan fingerprint density at radius 1 is 1.11 bits per heavy atom. The van der Waals surface area contributed by atoms with E-state index in [0.29, 0.717) is 14.9 Å². The zero-order chi connectivity index (χ0) is 13.2. The second-order valence-corrected chi connectivity index (χ2v) is 6.65. The molecule has 0 unspecified atom stereocenters. The van der Waals surface area contributed by atoms with Gasteiger partial charge in [0.25, 0.3) is 10.0 Å². The first-order chi connectivity index (χ1) is 8.47. The molecule has 1 aromatic carbocycles. The van der Waals surface area contributed by atoms with E-state index in [0.717, 1.165) is 0 Å². The van der Waals surface area contributed by atoms with Crippen molar-refractivity contribution in [1.82, 2.24) is 4.98 Å². The Hall–Kier alpha value is -0.920. The van der Waals surface area contributed by atoms with Crippen LogP contribution in [-0.2, 0) is 10.0 Å². The number of benzene rings is 1. The van der Waals surface area contributed by atoms with Crippen molar-refractivity contribution in [2.45, 2.75) is 4.90 Å². The molecule has 93 valence electrons. The van der Waals surface area contributed by atoms with Gasteiger partial charge in [0, 0.05) is 0 Å². The molecule has 2 aromatic rings. The molecule has 0 saturated heterocycles. The fourth-order valence-electron chi connectivity index (χ4n) is 1.29. The van der Waals surface area contributed by atoms with E-state index in [1.54, 1.807) is 24.3 Å². The summed E-state index contributed by atoms with van der Waals surface area (Å²) < 4.78 is 27.6. The van der Waals surface area contributed by atoms with Crippen LogP contribution in [0.5, 0.6) is 0 Å². The maximum Gasteiger partial charge on any atom is 0.261 e. The molecule has 7 heteroatoms. The van der Waals surface area contributed by atoms with Gasteiger partial charge in [-0.15, -0.1) is 0 Å². The van der Waals surface area contributed by atoms with Crippen LogP contribution < -0.4 is 4.72 Å². The van der Waals surface area contributed by atoms with E-state index in [2.05, 4.69) is 47.6 Å². The average Bonchev–Trinajstić information content (AvgIpc) is 2.28. The topological polar surface area (TPSA) is 59.1 Å². The Morgan fingerprint density at radius 2 is 1.67 bits per heavy atom. The number of anilines is 1. The van der Waals surface area contributed by atoms with Gasteiger partial charge >= 0.3 is 0 Å². The number of hydrogen-bond donors (Lipinski definition) is 1. The van der Waals surface area contributed by atoms with Crippen molar-refractivity contribution in [2.75, 3.05) is 4.72 Å². The molecular formula is C11H7Br2N2O2S. The van der Waals surface area contributed by atoms with Crippen molar-refractivity contribution < 1.29 is 8.42 Å². The number of sulfonamides is 1. The van der Waals surface area contributed by atoms with Gasteiger partial charge in [-0.05, 0) is 62.2 Å². The molecule has 18 heavy (non-hydrogen) atoms. The van der Waals surface area contributed by atoms with Crippen molar-refractivity contribution in [3.63, 3.8) is 0 Å². The van der Waals surface area contributed by atoms with Gasteiger partial charge < -0.3 is 0 Å². The van der Waals surface area contributed by atoms with Gasteiger partial charge in [-0.3, -0.25) is 4.72 Å². The van der Waals surface area contributed by atoms with Crippen LogP contribution >= 0.6 is 31.9 Å². The molecule has 0 atom stereocenters. The lowest BCUT2D eigenvalue weighted by atomic mass is 10.4. The van der Waals surface area contributed by atoms with Gasteiger partial charge in [0.15, 0.2) is 0 Å². The summed E-state index contributed by atoms with van der Waals surface area (Å²) in [4.78, 5) is 4.22. The zero-order valence-corrected chi connectivity index (χ0v) is 12.9. The summed E-state index contributed by atoms with van der Waals surface area (Å²) in [5.41, 5.74) is 0.427. The lowest BCUT2D eigenvalue weighted by molar-refractivity contribution is 0.601. The lowest BCUT2D eigenvalue weighted by Gasteiger charge is -2.08. The highest BCUT2D eigenvalue weighted by Gasteiger charge is 2.14. The number of nitrogens with zero attached hydrogens (tertiary/aromatic N) is 1. The van der Waals surface area contributed by atoms with Crippen molar-refractivity contribution in [2.24, 2.45) is 0 Å². The van der Waals surface area contributed by atoms with Gasteiger partial charge in [0.05, 0.1) is 10.6 Å². The van der Waals surface area contributed by atoms with Crippen molar-refractivity contribution in [3.05, 3.63) is 51.7 Å². The first-order valence-electron chi connectivity index (χ1n) is 4.79. The van der Waals surface area contributed by atoms with Crippen LogP contribution in [0, 0.1) is 6.07 Å². The second-order valence-electron chi connectivity index (χ2n) is 3.34. The first-order valence-corrected chi connectivity index (χ1v) is 7.86. The van der Waals surface area contributed by atoms with Crippen LogP contribution in [0.25, 0.3) is 0 Å². The quantitative estimate of drug-likeness (QED) is 0.818. The number of rotatable bonds is 3. The fourth-order valence-corrected chi connectivity index (χ4v) is 3.44. The molecular weight excluding hydrogens is 384 g/mol. The fraction of sp³-hybridized carbons (Fsp3) is 0. The molecule has 0 amide bonds. The Morgan fingerprint density at radius 3 is 2.22 bits per heavy atom. The average molecular weight is 391 g/mol. The minimum absolute atomic E-state index is 0.185. The summed E-state index contributed by atoms with van der Waals surface area (Å²) in [6.07, 6.45) is 0. The molecule has 2 rings (SSSR count). The minimum Gasteiger partial charge on any atom is -0.279 e. The van der Waals surface area contributed by atoms with Gasteiger partial charge in [-0.1, -0.05) is 12.1 Å². The summed E-state index contributed by atoms with van der Waals surface area (Å²) in [6.45, 7) is 0. The van der Waals surface area contributed by atoms with Crippen molar-refractivity contribution >= 4 is 47.6 Å². The molecule has 0 aliphatic rings. The Bertz CT molecular complexity index is 640. The van der Waals surface area contributed by atoms with Crippen LogP contribution in [0.4, 0.5) is 5.69 Å². The van der Waals surface area contributed by atoms with Gasteiger partial charge in [-0.2, -0.15) is 0 Å². The molecule has 0 spiro atoms. The minimum atomic E-state index is -3.59. The number of aromatic nitrogens is 1. The maximum absolute atomic E-state index is 12.0. The van der Waals surface area contributed by atoms with Crippen LogP contribution in [0.3, 0.4) is 0 Å². The van der Waals surface area contributed by atoms with Gasteiger partial charge in [0.1, 0.15) is 9.21 Å². The van der Waals surface area contributed by atoms with E-state index in [9.17, 15) is 8.42 Å². The summed E-state index contributed by atoms with van der Waals surface area (Å²) in [7, 11) is -3.59. The number of hydrogen-bond acceptors (Lipinski definition) is 3. The maximum atomic E-state index is 12.0. The number of nitrogens with one attached hydrogen (secondary N) is 1. The number of pyridine rings is 1. The van der Waals surface area contributed by atoms with E-state index in [1.165, 1.54) is 12.1 Å². The summed E-state index contributed by atoms with van der Waals surface area (Å²) in [6, 6.07) is 12.0. The molecule has 1 heterocycles. The van der Waals surface area contributed by atoms with E-state index in [1.807, 2.05) is 0 Å². The predicted molar refractivity (Wildman–Crippen MR) is 75.7 cm³/mol. The molecule has 4 nitrogen and oxygen atoms in total. The molecule has 0 saturated carbocycles. The van der Waals surface area contributed by atoms with E-state index in [-0.39, 0.29) is 4.90 Å². The third-order valence-electron chi connectivity index (χ3n) is 2.01. The first kappa shape index (κ1) is 13.5. The van der Waals surface area contributed by atoms with Gasteiger partial charge in [0.2, 0.25) is 0 Å². The Kier molecular flexibility index (Phi) is 4.04. The SMILES string of the molecule is O=S(=O)(Nc1cc(Br)nc(Br)c1)c1cc[c]cc1. The zero-order valence-electron chi connectivity index (χ0n) is 8.89.